The Bertz CT molecular complexity index is 810. The summed E-state index contributed by atoms with van der Waals surface area (Å²) in [5, 5.41) is 10.7. The molecule has 150 valence electrons. The molecule has 1 saturated heterocycles. The van der Waals surface area contributed by atoms with E-state index < -0.39 is 11.7 Å². The lowest BCUT2D eigenvalue weighted by atomic mass is 10.0. The van der Waals surface area contributed by atoms with Crippen molar-refractivity contribution >= 4 is 11.9 Å². The fraction of sp³-hybridized carbons (Fsp3) is 0.455. The number of nitrogens with zero attached hydrogens (tertiary/aromatic N) is 3. The molecule has 6 nitrogen and oxygen atoms in total. The third-order valence-electron chi connectivity index (χ3n) is 4.78. The summed E-state index contributed by atoms with van der Waals surface area (Å²) >= 11 is 0. The van der Waals surface area contributed by atoms with Crippen LogP contribution < -0.4 is 4.90 Å². The van der Waals surface area contributed by atoms with Gasteiger partial charge in [0.2, 0.25) is 0 Å². The van der Waals surface area contributed by atoms with E-state index in [1.165, 1.54) is 0 Å². The number of carbonyl (C=O) groups is 1. The Balaban J connectivity index is 1.65. The number of rotatable bonds is 3. The number of anilines is 1. The molecule has 6 heteroatoms. The van der Waals surface area contributed by atoms with Crippen LogP contribution in [0.3, 0.4) is 0 Å². The van der Waals surface area contributed by atoms with Gasteiger partial charge in [0.15, 0.2) is 0 Å². The van der Waals surface area contributed by atoms with Crippen LogP contribution in [0.4, 0.5) is 10.6 Å². The minimum Gasteiger partial charge on any atom is -0.444 e. The van der Waals surface area contributed by atoms with Gasteiger partial charge in [-0.2, -0.15) is 0 Å². The summed E-state index contributed by atoms with van der Waals surface area (Å²) in [5.74, 6) is 0.866. The molecule has 2 heterocycles. The highest BCUT2D eigenvalue weighted by Gasteiger charge is 2.26. The Morgan fingerprint density at radius 1 is 1.07 bits per heavy atom. The molecule has 0 bridgehead atoms. The van der Waals surface area contributed by atoms with Crippen molar-refractivity contribution in [3.63, 3.8) is 0 Å². The van der Waals surface area contributed by atoms with E-state index in [1.54, 1.807) is 4.90 Å². The molecule has 1 N–H and O–H groups in total. The van der Waals surface area contributed by atoms with E-state index >= 15 is 0 Å². The van der Waals surface area contributed by atoms with Crippen molar-refractivity contribution in [1.82, 2.24) is 9.88 Å². The maximum Gasteiger partial charge on any atom is 0.410 e. The Labute approximate surface area is 166 Å². The third kappa shape index (κ3) is 4.81. The fourth-order valence-corrected chi connectivity index (χ4v) is 3.28. The standard InChI is InChI=1S/C22H29N3O3/c1-16-18(20(26)17-8-6-5-7-9-17)10-11-19(23-16)24-12-14-25(15-13-24)21(27)28-22(2,3)4/h5-11,20,26H,12-15H2,1-4H3/t20-/m1/s1. The summed E-state index contributed by atoms with van der Waals surface area (Å²) in [5.41, 5.74) is 1.99. The molecule has 1 aliphatic rings. The summed E-state index contributed by atoms with van der Waals surface area (Å²) in [6, 6.07) is 13.5. The zero-order valence-corrected chi connectivity index (χ0v) is 17.1. The van der Waals surface area contributed by atoms with Crippen molar-refractivity contribution in [3.8, 4) is 0 Å². The van der Waals surface area contributed by atoms with Crippen molar-refractivity contribution in [1.29, 1.82) is 0 Å². The first-order valence-corrected chi connectivity index (χ1v) is 9.68. The molecule has 28 heavy (non-hydrogen) atoms. The number of aliphatic hydroxyl groups is 1. The van der Waals surface area contributed by atoms with Crippen molar-refractivity contribution in [2.45, 2.75) is 39.4 Å². The lowest BCUT2D eigenvalue weighted by Gasteiger charge is -2.36. The van der Waals surface area contributed by atoms with Gasteiger partial charge >= 0.3 is 6.09 Å². The highest BCUT2D eigenvalue weighted by atomic mass is 16.6. The smallest absolute Gasteiger partial charge is 0.410 e. The Hall–Kier alpha value is -2.60. The summed E-state index contributed by atoms with van der Waals surface area (Å²) in [6.45, 7) is 10.1. The first kappa shape index (κ1) is 20.1. The van der Waals surface area contributed by atoms with E-state index in [4.69, 9.17) is 9.72 Å². The molecule has 1 fully saturated rings. The van der Waals surface area contributed by atoms with Crippen LogP contribution in [0.1, 0.15) is 43.7 Å². The molecule has 1 aromatic heterocycles. The average molecular weight is 383 g/mol. The molecule has 1 amide bonds. The van der Waals surface area contributed by atoms with Crippen molar-refractivity contribution in [3.05, 3.63) is 59.3 Å². The van der Waals surface area contributed by atoms with Gasteiger partial charge < -0.3 is 19.6 Å². The lowest BCUT2D eigenvalue weighted by Crippen LogP contribution is -2.50. The largest absolute Gasteiger partial charge is 0.444 e. The minimum atomic E-state index is -0.688. The van der Waals surface area contributed by atoms with Crippen LogP contribution >= 0.6 is 0 Å². The van der Waals surface area contributed by atoms with Crippen LogP contribution in [0.15, 0.2) is 42.5 Å². The van der Waals surface area contributed by atoms with Gasteiger partial charge in [0, 0.05) is 37.4 Å². The SMILES string of the molecule is Cc1nc(N2CCN(C(=O)OC(C)(C)C)CC2)ccc1[C@H](O)c1ccccc1. The first-order valence-electron chi connectivity index (χ1n) is 9.68. The second-order valence-electron chi connectivity index (χ2n) is 8.11. The van der Waals surface area contributed by atoms with Gasteiger partial charge in [-0.25, -0.2) is 9.78 Å². The van der Waals surface area contributed by atoms with Crippen LogP contribution in [0.2, 0.25) is 0 Å². The zero-order chi connectivity index (χ0) is 20.3. The summed E-state index contributed by atoms with van der Waals surface area (Å²) < 4.78 is 5.45. The number of hydrogen-bond donors (Lipinski definition) is 1. The van der Waals surface area contributed by atoms with Crippen LogP contribution in [-0.4, -0.2) is 52.9 Å². The van der Waals surface area contributed by atoms with Crippen molar-refractivity contribution in [2.75, 3.05) is 31.1 Å². The number of aryl methyl sites for hydroxylation is 1. The maximum absolute atomic E-state index is 12.2. The number of amides is 1. The number of piperazine rings is 1. The van der Waals surface area contributed by atoms with Gasteiger partial charge in [-0.3, -0.25) is 0 Å². The quantitative estimate of drug-likeness (QED) is 0.878. The van der Waals surface area contributed by atoms with Crippen molar-refractivity contribution in [2.24, 2.45) is 0 Å². The second-order valence-corrected chi connectivity index (χ2v) is 8.11. The molecule has 0 radical (unpaired) electrons. The summed E-state index contributed by atoms with van der Waals surface area (Å²) in [6.07, 6.45) is -0.954. The van der Waals surface area contributed by atoms with Crippen LogP contribution in [-0.2, 0) is 4.74 Å². The normalized spacial score (nSPS) is 16.0. The number of hydrogen-bond acceptors (Lipinski definition) is 5. The van der Waals surface area contributed by atoms with E-state index in [1.807, 2.05) is 70.2 Å². The average Bonchev–Trinajstić information content (AvgIpc) is 2.67. The molecule has 0 unspecified atom stereocenters. The van der Waals surface area contributed by atoms with Gasteiger partial charge in [-0.05, 0) is 39.3 Å². The van der Waals surface area contributed by atoms with E-state index in [2.05, 4.69) is 4.90 Å². The highest BCUT2D eigenvalue weighted by molar-refractivity contribution is 5.68. The van der Waals surface area contributed by atoms with E-state index in [9.17, 15) is 9.90 Å². The van der Waals surface area contributed by atoms with Gasteiger partial charge in [0.25, 0.3) is 0 Å². The molecule has 1 atom stereocenters. The second kappa shape index (κ2) is 8.19. The van der Waals surface area contributed by atoms with Crippen LogP contribution in [0.5, 0.6) is 0 Å². The number of pyridine rings is 1. The van der Waals surface area contributed by atoms with E-state index in [0.717, 1.165) is 22.6 Å². The molecule has 2 aromatic rings. The van der Waals surface area contributed by atoms with Crippen molar-refractivity contribution < 1.29 is 14.6 Å². The Morgan fingerprint density at radius 2 is 1.71 bits per heavy atom. The minimum absolute atomic E-state index is 0.266. The summed E-state index contributed by atoms with van der Waals surface area (Å²) in [4.78, 5) is 20.8. The van der Waals surface area contributed by atoms with Crippen LogP contribution in [0.25, 0.3) is 0 Å². The van der Waals surface area contributed by atoms with Gasteiger partial charge in [-0.1, -0.05) is 36.4 Å². The molecule has 1 aromatic carbocycles. The zero-order valence-electron chi connectivity index (χ0n) is 17.1. The number of benzene rings is 1. The van der Waals surface area contributed by atoms with Crippen LogP contribution in [0, 0.1) is 6.92 Å². The number of ether oxygens (including phenoxy) is 1. The lowest BCUT2D eigenvalue weighted by molar-refractivity contribution is 0.0240. The predicted molar refractivity (Wildman–Crippen MR) is 109 cm³/mol. The molecular weight excluding hydrogens is 354 g/mol. The molecule has 0 aliphatic carbocycles. The van der Waals surface area contributed by atoms with E-state index in [-0.39, 0.29) is 6.09 Å². The fourth-order valence-electron chi connectivity index (χ4n) is 3.28. The number of aliphatic hydroxyl groups excluding tert-OH is 1. The molecule has 0 spiro atoms. The van der Waals surface area contributed by atoms with Gasteiger partial charge in [0.1, 0.15) is 17.5 Å². The van der Waals surface area contributed by atoms with Gasteiger partial charge in [-0.15, -0.1) is 0 Å². The summed E-state index contributed by atoms with van der Waals surface area (Å²) in [7, 11) is 0. The molecule has 0 saturated carbocycles. The van der Waals surface area contributed by atoms with E-state index in [0.29, 0.717) is 26.2 Å². The third-order valence-corrected chi connectivity index (χ3v) is 4.78. The Morgan fingerprint density at radius 3 is 2.29 bits per heavy atom. The van der Waals surface area contributed by atoms with Gasteiger partial charge in [0.05, 0.1) is 0 Å². The number of carbonyl (C=O) groups excluding carboxylic acids is 1. The first-order chi connectivity index (χ1) is 13.2. The molecule has 3 rings (SSSR count). The topological polar surface area (TPSA) is 65.9 Å². The Kier molecular flexibility index (Phi) is 5.89. The number of aromatic nitrogens is 1. The maximum atomic E-state index is 12.2. The monoisotopic (exact) mass is 383 g/mol. The predicted octanol–water partition coefficient (Wildman–Crippen LogP) is 3.53. The highest BCUT2D eigenvalue weighted by Crippen LogP contribution is 2.26. The molecule has 1 aliphatic heterocycles. The molecular formula is C22H29N3O3.